The van der Waals surface area contributed by atoms with Gasteiger partial charge in [0.1, 0.15) is 6.54 Å². The van der Waals surface area contributed by atoms with Gasteiger partial charge in [0.25, 0.3) is 0 Å². The van der Waals surface area contributed by atoms with Crippen molar-refractivity contribution in [1.29, 1.82) is 0 Å². The lowest BCUT2D eigenvalue weighted by molar-refractivity contribution is -0.678. The molecule has 2 atom stereocenters. The van der Waals surface area contributed by atoms with Crippen LogP contribution in [-0.2, 0) is 17.7 Å². The molecular formula is C26H38NO4+. The summed E-state index contributed by atoms with van der Waals surface area (Å²) in [7, 11) is 3.31. The van der Waals surface area contributed by atoms with E-state index in [2.05, 4.69) is 55.6 Å². The lowest BCUT2D eigenvalue weighted by Crippen LogP contribution is -2.85. The molecule has 5 heteroatoms. The summed E-state index contributed by atoms with van der Waals surface area (Å²) in [5.74, 6) is 1.68. The van der Waals surface area contributed by atoms with E-state index in [1.165, 1.54) is 11.1 Å². The number of hydrogen-bond donors (Lipinski definition) is 2. The largest absolute Gasteiger partial charge is 0.493 e. The summed E-state index contributed by atoms with van der Waals surface area (Å²) in [5.41, 5.74) is 2.35. The molecule has 0 bridgehead atoms. The fraction of sp³-hybridized carbons (Fsp3) is 0.538. The average molecular weight is 429 g/mol. The van der Waals surface area contributed by atoms with Crippen LogP contribution in [-0.4, -0.2) is 44.7 Å². The molecule has 1 fully saturated rings. The molecule has 1 aliphatic heterocycles. The summed E-state index contributed by atoms with van der Waals surface area (Å²) in [4.78, 5) is 0. The number of aliphatic hydroxyl groups is 1. The Kier molecular flexibility index (Phi) is 7.98. The highest BCUT2D eigenvalue weighted by Gasteiger charge is 2.46. The van der Waals surface area contributed by atoms with Gasteiger partial charge in [0.05, 0.1) is 33.0 Å². The van der Waals surface area contributed by atoms with E-state index in [1.54, 1.807) is 14.2 Å². The molecule has 0 radical (unpaired) electrons. The second-order valence-electron chi connectivity index (χ2n) is 9.36. The zero-order valence-electron chi connectivity index (χ0n) is 19.4. The van der Waals surface area contributed by atoms with Gasteiger partial charge >= 0.3 is 0 Å². The summed E-state index contributed by atoms with van der Waals surface area (Å²) < 4.78 is 16.8. The van der Waals surface area contributed by atoms with Crippen LogP contribution in [0.4, 0.5) is 0 Å². The van der Waals surface area contributed by atoms with Gasteiger partial charge in [0, 0.05) is 18.1 Å². The lowest BCUT2D eigenvalue weighted by atomic mass is 9.63. The van der Waals surface area contributed by atoms with Gasteiger partial charge in [-0.2, -0.15) is 0 Å². The topological polar surface area (TPSA) is 64.5 Å². The van der Waals surface area contributed by atoms with Crippen molar-refractivity contribution in [3.05, 3.63) is 59.7 Å². The summed E-state index contributed by atoms with van der Waals surface area (Å²) >= 11 is 0. The smallest absolute Gasteiger partial charge is 0.161 e. The van der Waals surface area contributed by atoms with Crippen molar-refractivity contribution < 1.29 is 24.6 Å². The Morgan fingerprint density at radius 2 is 1.77 bits per heavy atom. The standard InChI is InChI=1S/C26H37NO4/c1-25(2)19-26(12-13-31-25,15-20-8-6-5-7-9-20)22(18-28)17-27-16-21-10-11-23(29-3)24(14-21)30-4/h5-11,14,22,27-28H,12-13,15-19H2,1-4H3/p+1/t22-,26-/m0/s1. The predicted octanol–water partition coefficient (Wildman–Crippen LogP) is 3.19. The van der Waals surface area contributed by atoms with Crippen LogP contribution in [0.2, 0.25) is 0 Å². The van der Waals surface area contributed by atoms with Crippen molar-refractivity contribution in [3.63, 3.8) is 0 Å². The number of quaternary nitrogens is 1. The van der Waals surface area contributed by atoms with E-state index in [1.807, 2.05) is 12.1 Å². The molecule has 0 amide bonds. The van der Waals surface area contributed by atoms with Crippen LogP contribution >= 0.6 is 0 Å². The molecule has 3 N–H and O–H groups in total. The number of aliphatic hydroxyl groups excluding tert-OH is 1. The molecule has 31 heavy (non-hydrogen) atoms. The van der Waals surface area contributed by atoms with Crippen LogP contribution in [0.3, 0.4) is 0 Å². The molecule has 2 aromatic carbocycles. The highest BCUT2D eigenvalue weighted by atomic mass is 16.5. The molecule has 3 rings (SSSR count). The fourth-order valence-electron chi connectivity index (χ4n) is 5.14. The van der Waals surface area contributed by atoms with E-state index in [-0.39, 0.29) is 23.5 Å². The maximum Gasteiger partial charge on any atom is 0.161 e. The van der Waals surface area contributed by atoms with Crippen LogP contribution < -0.4 is 14.8 Å². The third-order valence-corrected chi connectivity index (χ3v) is 6.64. The van der Waals surface area contributed by atoms with E-state index in [9.17, 15) is 5.11 Å². The monoisotopic (exact) mass is 428 g/mol. The normalized spacial score (nSPS) is 21.5. The first-order valence-corrected chi connectivity index (χ1v) is 11.2. The molecule has 0 aliphatic carbocycles. The Morgan fingerprint density at radius 1 is 1.03 bits per heavy atom. The van der Waals surface area contributed by atoms with Crippen molar-refractivity contribution in [2.75, 3.05) is 34.0 Å². The summed E-state index contributed by atoms with van der Waals surface area (Å²) in [6.07, 6.45) is 2.89. The first-order valence-electron chi connectivity index (χ1n) is 11.2. The second kappa shape index (κ2) is 10.5. The average Bonchev–Trinajstić information content (AvgIpc) is 2.76. The Hall–Kier alpha value is -2.08. The summed E-state index contributed by atoms with van der Waals surface area (Å²) in [5, 5.41) is 12.7. The van der Waals surface area contributed by atoms with Crippen LogP contribution in [0.5, 0.6) is 11.5 Å². The van der Waals surface area contributed by atoms with Crippen molar-refractivity contribution >= 4 is 0 Å². The van der Waals surface area contributed by atoms with Crippen LogP contribution in [0.25, 0.3) is 0 Å². The zero-order chi connectivity index (χ0) is 22.3. The molecule has 0 spiro atoms. The third kappa shape index (κ3) is 6.00. The highest BCUT2D eigenvalue weighted by Crippen LogP contribution is 2.46. The van der Waals surface area contributed by atoms with Crippen molar-refractivity contribution in [3.8, 4) is 11.5 Å². The number of ether oxygens (including phenoxy) is 3. The van der Waals surface area contributed by atoms with Gasteiger partial charge in [-0.05, 0) is 62.3 Å². The third-order valence-electron chi connectivity index (χ3n) is 6.64. The first kappa shape index (κ1) is 23.6. The SMILES string of the molecule is COc1ccc(C[NH2+]C[C@@H](CO)[C@]2(Cc3ccccc3)CCOC(C)(C)C2)cc1OC. The molecule has 1 heterocycles. The van der Waals surface area contributed by atoms with E-state index < -0.39 is 0 Å². The predicted molar refractivity (Wildman–Crippen MR) is 122 cm³/mol. The maximum atomic E-state index is 10.4. The summed E-state index contributed by atoms with van der Waals surface area (Å²) in [6.45, 7) is 6.98. The number of benzene rings is 2. The van der Waals surface area contributed by atoms with Gasteiger partial charge in [-0.1, -0.05) is 30.3 Å². The Bertz CT molecular complexity index is 823. The quantitative estimate of drug-likeness (QED) is 0.610. The number of hydrogen-bond acceptors (Lipinski definition) is 4. The van der Waals surface area contributed by atoms with Gasteiger partial charge in [-0.3, -0.25) is 0 Å². The van der Waals surface area contributed by atoms with Crippen LogP contribution in [0.15, 0.2) is 48.5 Å². The molecule has 170 valence electrons. The van der Waals surface area contributed by atoms with E-state index in [0.29, 0.717) is 0 Å². The first-order chi connectivity index (χ1) is 14.9. The van der Waals surface area contributed by atoms with Gasteiger partial charge in [-0.25, -0.2) is 0 Å². The molecule has 1 saturated heterocycles. The zero-order valence-corrected chi connectivity index (χ0v) is 19.4. The van der Waals surface area contributed by atoms with E-state index >= 15 is 0 Å². The van der Waals surface area contributed by atoms with E-state index in [0.717, 1.165) is 50.5 Å². The molecule has 0 saturated carbocycles. The number of methoxy groups -OCH3 is 2. The number of nitrogens with two attached hydrogens (primary N) is 1. The van der Waals surface area contributed by atoms with Crippen molar-refractivity contribution in [2.45, 2.75) is 45.3 Å². The molecule has 1 aliphatic rings. The second-order valence-corrected chi connectivity index (χ2v) is 9.36. The van der Waals surface area contributed by atoms with Gasteiger partial charge in [-0.15, -0.1) is 0 Å². The van der Waals surface area contributed by atoms with Crippen LogP contribution in [0, 0.1) is 11.3 Å². The molecular weight excluding hydrogens is 390 g/mol. The Morgan fingerprint density at radius 3 is 2.42 bits per heavy atom. The van der Waals surface area contributed by atoms with Gasteiger partial charge < -0.3 is 24.6 Å². The highest BCUT2D eigenvalue weighted by molar-refractivity contribution is 5.42. The Labute approximate surface area is 186 Å². The fourth-order valence-corrected chi connectivity index (χ4v) is 5.14. The lowest BCUT2D eigenvalue weighted by Gasteiger charge is -2.48. The molecule has 2 aromatic rings. The Balaban J connectivity index is 1.73. The molecule has 0 unspecified atom stereocenters. The minimum Gasteiger partial charge on any atom is -0.493 e. The van der Waals surface area contributed by atoms with Gasteiger partial charge in [0.15, 0.2) is 11.5 Å². The summed E-state index contributed by atoms with van der Waals surface area (Å²) in [6, 6.07) is 16.7. The number of rotatable bonds is 10. The molecule has 0 aromatic heterocycles. The van der Waals surface area contributed by atoms with E-state index in [4.69, 9.17) is 14.2 Å². The minimum atomic E-state index is -0.177. The van der Waals surface area contributed by atoms with Gasteiger partial charge in [0.2, 0.25) is 0 Å². The van der Waals surface area contributed by atoms with Crippen molar-refractivity contribution in [2.24, 2.45) is 11.3 Å². The maximum absolute atomic E-state index is 10.4. The van der Waals surface area contributed by atoms with Crippen molar-refractivity contribution in [1.82, 2.24) is 0 Å². The molecule has 5 nitrogen and oxygen atoms in total. The van der Waals surface area contributed by atoms with Crippen LogP contribution in [0.1, 0.15) is 37.8 Å². The minimum absolute atomic E-state index is 0.0198.